The van der Waals surface area contributed by atoms with Crippen molar-refractivity contribution in [2.45, 2.75) is 44.6 Å². The van der Waals surface area contributed by atoms with E-state index in [-0.39, 0.29) is 31.7 Å². The van der Waals surface area contributed by atoms with E-state index >= 15 is 0 Å². The minimum atomic E-state index is -2.66. The lowest BCUT2D eigenvalue weighted by Crippen LogP contribution is -3.00. The van der Waals surface area contributed by atoms with Crippen molar-refractivity contribution in [1.82, 2.24) is 3.94 Å². The van der Waals surface area contributed by atoms with Crippen LogP contribution in [0.3, 0.4) is 0 Å². The summed E-state index contributed by atoms with van der Waals surface area (Å²) in [7, 11) is 5.71. The van der Waals surface area contributed by atoms with Gasteiger partial charge in [0.25, 0.3) is 5.92 Å². The van der Waals surface area contributed by atoms with Crippen molar-refractivity contribution in [2.75, 3.05) is 27.7 Å². The standard InChI is InChI=1S/C11H23Cl2F2N2.ClH/c1-10(2,16(12)13)6-7-11(14,15)8-9-17(3,4)5;/h6-9H2,1-5H3;1H/q+1;/p-1. The summed E-state index contributed by atoms with van der Waals surface area (Å²) in [5.74, 6) is -2.66. The first-order chi connectivity index (χ1) is 7.36. The molecule has 0 unspecified atom stereocenters. The predicted molar refractivity (Wildman–Crippen MR) is 69.3 cm³/mol. The van der Waals surface area contributed by atoms with E-state index in [0.717, 1.165) is 3.94 Å². The van der Waals surface area contributed by atoms with Gasteiger partial charge in [0.05, 0.1) is 34.1 Å². The van der Waals surface area contributed by atoms with E-state index in [9.17, 15) is 8.78 Å². The van der Waals surface area contributed by atoms with Gasteiger partial charge in [-0.15, -0.1) is 3.94 Å². The van der Waals surface area contributed by atoms with Crippen molar-refractivity contribution < 1.29 is 25.7 Å². The highest BCUT2D eigenvalue weighted by Crippen LogP contribution is 2.32. The highest BCUT2D eigenvalue weighted by Gasteiger charge is 2.35. The third kappa shape index (κ3) is 9.56. The first kappa shape index (κ1) is 21.0. The first-order valence-electron chi connectivity index (χ1n) is 5.66. The van der Waals surface area contributed by atoms with Crippen LogP contribution in [0, 0.1) is 0 Å². The molecule has 0 spiro atoms. The van der Waals surface area contributed by atoms with Crippen molar-refractivity contribution in [3.05, 3.63) is 0 Å². The number of rotatable bonds is 7. The number of halogens is 5. The fourth-order valence-electron chi connectivity index (χ4n) is 1.20. The Kier molecular flexibility index (Phi) is 8.66. The largest absolute Gasteiger partial charge is 1.00 e. The highest BCUT2D eigenvalue weighted by atomic mass is 35.5. The van der Waals surface area contributed by atoms with Gasteiger partial charge in [0, 0.05) is 12.0 Å². The smallest absolute Gasteiger partial charge is 0.253 e. The molecule has 0 atom stereocenters. The topological polar surface area (TPSA) is 3.24 Å². The van der Waals surface area contributed by atoms with Crippen molar-refractivity contribution in [2.24, 2.45) is 0 Å². The molecule has 0 aromatic rings. The lowest BCUT2D eigenvalue weighted by Gasteiger charge is -2.30. The quantitative estimate of drug-likeness (QED) is 0.496. The van der Waals surface area contributed by atoms with Gasteiger partial charge in [-0.3, -0.25) is 0 Å². The molecular formula is C11H23Cl3F2N2. The van der Waals surface area contributed by atoms with Crippen LogP contribution >= 0.6 is 23.6 Å². The Labute approximate surface area is 125 Å². The number of quaternary nitrogens is 1. The Morgan fingerprint density at radius 3 is 1.78 bits per heavy atom. The van der Waals surface area contributed by atoms with Gasteiger partial charge in [0.2, 0.25) is 0 Å². The summed E-state index contributed by atoms with van der Waals surface area (Å²) >= 11 is 11.2. The van der Waals surface area contributed by atoms with Crippen LogP contribution in [0.15, 0.2) is 0 Å². The summed E-state index contributed by atoms with van der Waals surface area (Å²) in [4.78, 5) is 0. The Morgan fingerprint density at radius 2 is 1.44 bits per heavy atom. The molecular weight excluding hydrogens is 304 g/mol. The number of hydrogen-bond donors (Lipinski definition) is 0. The minimum Gasteiger partial charge on any atom is -1.00 e. The highest BCUT2D eigenvalue weighted by molar-refractivity contribution is 6.34. The maximum Gasteiger partial charge on any atom is 0.253 e. The molecule has 18 heavy (non-hydrogen) atoms. The summed E-state index contributed by atoms with van der Waals surface area (Å²) in [6, 6.07) is 0. The number of nitrogens with zero attached hydrogens (tertiary/aromatic N) is 2. The summed E-state index contributed by atoms with van der Waals surface area (Å²) < 4.78 is 28.8. The predicted octanol–water partition coefficient (Wildman–Crippen LogP) is 0.890. The SMILES string of the molecule is CC(C)(CCC(F)(F)CC[N+](C)(C)C)N(Cl)Cl.[Cl-]. The molecule has 0 radical (unpaired) electrons. The van der Waals surface area contributed by atoms with Crippen molar-refractivity contribution in [3.63, 3.8) is 0 Å². The normalized spacial score (nSPS) is 13.7. The van der Waals surface area contributed by atoms with Gasteiger partial charge in [-0.2, -0.15) is 0 Å². The molecule has 0 saturated heterocycles. The van der Waals surface area contributed by atoms with E-state index in [1.54, 1.807) is 13.8 Å². The van der Waals surface area contributed by atoms with E-state index < -0.39 is 11.5 Å². The Hall–Kier alpha value is 0.650. The van der Waals surface area contributed by atoms with Gasteiger partial charge in [0.15, 0.2) is 0 Å². The molecule has 0 rings (SSSR count). The fraction of sp³-hybridized carbons (Fsp3) is 1.00. The van der Waals surface area contributed by atoms with Crippen molar-refractivity contribution in [3.8, 4) is 0 Å². The molecule has 0 heterocycles. The van der Waals surface area contributed by atoms with Gasteiger partial charge in [0.1, 0.15) is 0 Å². The Morgan fingerprint density at radius 1 is 1.00 bits per heavy atom. The van der Waals surface area contributed by atoms with Crippen LogP contribution in [-0.4, -0.2) is 47.6 Å². The van der Waals surface area contributed by atoms with Crippen LogP contribution in [0.4, 0.5) is 8.78 Å². The van der Waals surface area contributed by atoms with E-state index in [2.05, 4.69) is 0 Å². The Bertz CT molecular complexity index is 241. The second kappa shape index (κ2) is 7.44. The van der Waals surface area contributed by atoms with E-state index in [1.165, 1.54) is 0 Å². The van der Waals surface area contributed by atoms with Crippen LogP contribution in [-0.2, 0) is 0 Å². The van der Waals surface area contributed by atoms with Gasteiger partial charge >= 0.3 is 0 Å². The van der Waals surface area contributed by atoms with Crippen LogP contribution in [0.5, 0.6) is 0 Å². The van der Waals surface area contributed by atoms with E-state index in [1.807, 2.05) is 21.1 Å². The average molecular weight is 328 g/mol. The van der Waals surface area contributed by atoms with E-state index in [4.69, 9.17) is 23.6 Å². The molecule has 0 aromatic carbocycles. The third-order valence-electron chi connectivity index (χ3n) is 2.71. The van der Waals surface area contributed by atoms with Crippen molar-refractivity contribution >= 4 is 23.6 Å². The molecule has 0 aliphatic rings. The maximum absolute atomic E-state index is 13.6. The molecule has 7 heteroatoms. The number of hydrogen-bond acceptors (Lipinski definition) is 1. The van der Waals surface area contributed by atoms with Gasteiger partial charge in [-0.1, -0.05) is 0 Å². The zero-order valence-corrected chi connectivity index (χ0v) is 13.9. The average Bonchev–Trinajstić information content (AvgIpc) is 2.11. The summed E-state index contributed by atoms with van der Waals surface area (Å²) in [5.41, 5.74) is -0.636. The third-order valence-corrected chi connectivity index (χ3v) is 3.62. The van der Waals surface area contributed by atoms with Crippen LogP contribution in [0.2, 0.25) is 0 Å². The van der Waals surface area contributed by atoms with Gasteiger partial charge in [-0.05, 0) is 43.8 Å². The minimum absolute atomic E-state index is 0. The van der Waals surface area contributed by atoms with Crippen LogP contribution < -0.4 is 12.4 Å². The lowest BCUT2D eigenvalue weighted by atomic mass is 9.96. The van der Waals surface area contributed by atoms with Gasteiger partial charge < -0.3 is 16.9 Å². The number of alkyl halides is 2. The molecule has 0 bridgehead atoms. The second-order valence-corrected chi connectivity index (χ2v) is 7.01. The molecule has 0 aliphatic carbocycles. The Balaban J connectivity index is 0. The molecule has 0 saturated carbocycles. The van der Waals surface area contributed by atoms with Crippen LogP contribution in [0.1, 0.15) is 33.1 Å². The maximum atomic E-state index is 13.6. The monoisotopic (exact) mass is 326 g/mol. The van der Waals surface area contributed by atoms with Crippen molar-refractivity contribution in [1.29, 1.82) is 0 Å². The molecule has 0 aromatic heterocycles. The fourth-order valence-corrected chi connectivity index (χ4v) is 1.37. The summed E-state index contributed by atoms with van der Waals surface area (Å²) in [6.45, 7) is 3.92. The molecule has 112 valence electrons. The molecule has 0 amide bonds. The van der Waals surface area contributed by atoms with E-state index in [0.29, 0.717) is 11.0 Å². The zero-order valence-electron chi connectivity index (χ0n) is 11.6. The molecule has 0 N–H and O–H groups in total. The molecule has 0 aliphatic heterocycles. The first-order valence-corrected chi connectivity index (χ1v) is 6.33. The molecule has 2 nitrogen and oxygen atoms in total. The summed E-state index contributed by atoms with van der Waals surface area (Å²) in [6.07, 6.45) is -0.0583. The second-order valence-electron chi connectivity index (χ2n) is 6.17. The lowest BCUT2D eigenvalue weighted by molar-refractivity contribution is -0.871. The van der Waals surface area contributed by atoms with Gasteiger partial charge in [-0.25, -0.2) is 8.78 Å². The van der Waals surface area contributed by atoms with Crippen LogP contribution in [0.25, 0.3) is 0 Å². The zero-order chi connectivity index (χ0) is 13.9. The summed E-state index contributed by atoms with van der Waals surface area (Å²) in [5, 5.41) is 0. The molecule has 0 fully saturated rings.